The standard InChI is InChI=1S/C17H15ClO3/c1-11(17(20)21)10-16(19)13-8-6-12(7-9-13)14-4-2-3-5-15(14)18/h2-9,11H,10H2,1H3,(H,20,21). The van der Waals surface area contributed by atoms with Gasteiger partial charge in [-0.25, -0.2) is 0 Å². The Hall–Kier alpha value is -2.13. The smallest absolute Gasteiger partial charge is 0.306 e. The zero-order valence-corrected chi connectivity index (χ0v) is 12.3. The van der Waals surface area contributed by atoms with Gasteiger partial charge in [-0.3, -0.25) is 9.59 Å². The number of Topliss-reactive ketones (excluding diaryl/α,β-unsaturated/α-hetero) is 1. The van der Waals surface area contributed by atoms with E-state index < -0.39 is 11.9 Å². The Morgan fingerprint density at radius 2 is 1.71 bits per heavy atom. The molecule has 21 heavy (non-hydrogen) atoms. The maximum absolute atomic E-state index is 12.0. The molecule has 1 N–H and O–H groups in total. The summed E-state index contributed by atoms with van der Waals surface area (Å²) in [6, 6.07) is 14.5. The summed E-state index contributed by atoms with van der Waals surface area (Å²) in [7, 11) is 0. The summed E-state index contributed by atoms with van der Waals surface area (Å²) in [5.41, 5.74) is 2.33. The highest BCUT2D eigenvalue weighted by Crippen LogP contribution is 2.27. The van der Waals surface area contributed by atoms with Crippen molar-refractivity contribution in [3.63, 3.8) is 0 Å². The summed E-state index contributed by atoms with van der Waals surface area (Å²) in [4.78, 5) is 22.8. The lowest BCUT2D eigenvalue weighted by Gasteiger charge is -2.07. The first kappa shape index (κ1) is 15.3. The van der Waals surface area contributed by atoms with Gasteiger partial charge in [-0.2, -0.15) is 0 Å². The molecule has 0 saturated carbocycles. The van der Waals surface area contributed by atoms with Crippen LogP contribution in [0.4, 0.5) is 0 Å². The van der Waals surface area contributed by atoms with Crippen molar-refractivity contribution in [2.75, 3.05) is 0 Å². The van der Waals surface area contributed by atoms with Gasteiger partial charge >= 0.3 is 5.97 Å². The molecule has 0 fully saturated rings. The Balaban J connectivity index is 2.18. The minimum Gasteiger partial charge on any atom is -0.481 e. The molecule has 1 atom stereocenters. The quantitative estimate of drug-likeness (QED) is 0.838. The lowest BCUT2D eigenvalue weighted by Crippen LogP contribution is -2.14. The number of carboxylic acid groups (broad SMARTS) is 1. The summed E-state index contributed by atoms with van der Waals surface area (Å²) < 4.78 is 0. The van der Waals surface area contributed by atoms with Gasteiger partial charge in [-0.05, 0) is 11.6 Å². The predicted molar refractivity (Wildman–Crippen MR) is 82.6 cm³/mol. The zero-order valence-electron chi connectivity index (χ0n) is 11.5. The number of carbonyl (C=O) groups excluding carboxylic acids is 1. The molecule has 2 rings (SSSR count). The molecule has 0 aliphatic heterocycles. The molecule has 2 aromatic carbocycles. The molecule has 0 aromatic heterocycles. The Morgan fingerprint density at radius 1 is 1.10 bits per heavy atom. The summed E-state index contributed by atoms with van der Waals surface area (Å²) in [6.07, 6.45) is 0.000767. The van der Waals surface area contributed by atoms with Gasteiger partial charge in [-0.15, -0.1) is 0 Å². The fraction of sp³-hybridized carbons (Fsp3) is 0.176. The number of carbonyl (C=O) groups is 2. The molecule has 0 radical (unpaired) electrons. The normalized spacial score (nSPS) is 11.9. The molecule has 0 amide bonds. The molecule has 0 aliphatic carbocycles. The van der Waals surface area contributed by atoms with Crippen LogP contribution in [0.2, 0.25) is 5.02 Å². The van der Waals surface area contributed by atoms with Crippen LogP contribution in [0.25, 0.3) is 11.1 Å². The average molecular weight is 303 g/mol. The second-order valence-electron chi connectivity index (χ2n) is 4.92. The molecule has 0 bridgehead atoms. The molecule has 4 heteroatoms. The third kappa shape index (κ3) is 3.70. The lowest BCUT2D eigenvalue weighted by atomic mass is 9.97. The van der Waals surface area contributed by atoms with Crippen LogP contribution >= 0.6 is 11.6 Å². The SMILES string of the molecule is CC(CC(=O)c1ccc(-c2ccccc2Cl)cc1)C(=O)O. The molecule has 0 saturated heterocycles. The van der Waals surface area contributed by atoms with Crippen molar-refractivity contribution in [3.05, 3.63) is 59.1 Å². The van der Waals surface area contributed by atoms with Crippen LogP contribution in [0.3, 0.4) is 0 Å². The first-order chi connectivity index (χ1) is 9.99. The maximum atomic E-state index is 12.0. The van der Waals surface area contributed by atoms with Gasteiger partial charge in [0.05, 0.1) is 5.92 Å². The van der Waals surface area contributed by atoms with E-state index >= 15 is 0 Å². The van der Waals surface area contributed by atoms with Crippen LogP contribution in [0.5, 0.6) is 0 Å². The second kappa shape index (κ2) is 6.55. The van der Waals surface area contributed by atoms with E-state index in [1.807, 2.05) is 36.4 Å². The van der Waals surface area contributed by atoms with E-state index in [0.717, 1.165) is 11.1 Å². The van der Waals surface area contributed by atoms with Gasteiger partial charge in [-0.1, -0.05) is 61.0 Å². The number of hydrogen-bond donors (Lipinski definition) is 1. The molecule has 2 aromatic rings. The van der Waals surface area contributed by atoms with E-state index in [4.69, 9.17) is 16.7 Å². The molecule has 0 aliphatic rings. The van der Waals surface area contributed by atoms with Gasteiger partial charge in [0, 0.05) is 22.6 Å². The van der Waals surface area contributed by atoms with Crippen LogP contribution < -0.4 is 0 Å². The molecular formula is C17H15ClO3. The van der Waals surface area contributed by atoms with Crippen molar-refractivity contribution in [3.8, 4) is 11.1 Å². The average Bonchev–Trinajstić information content (AvgIpc) is 2.47. The maximum Gasteiger partial charge on any atom is 0.306 e. The fourth-order valence-corrected chi connectivity index (χ4v) is 2.26. The van der Waals surface area contributed by atoms with Crippen LogP contribution in [-0.2, 0) is 4.79 Å². The van der Waals surface area contributed by atoms with Gasteiger partial charge < -0.3 is 5.11 Å². The van der Waals surface area contributed by atoms with Crippen LogP contribution in [-0.4, -0.2) is 16.9 Å². The Kier molecular flexibility index (Phi) is 4.76. The molecule has 108 valence electrons. The van der Waals surface area contributed by atoms with E-state index in [0.29, 0.717) is 10.6 Å². The number of hydrogen-bond acceptors (Lipinski definition) is 2. The van der Waals surface area contributed by atoms with Gasteiger partial charge in [0.15, 0.2) is 5.78 Å². The predicted octanol–water partition coefficient (Wildman–Crippen LogP) is 4.30. The third-order valence-electron chi connectivity index (χ3n) is 3.30. The number of halogens is 1. The van der Waals surface area contributed by atoms with E-state index in [1.165, 1.54) is 6.92 Å². The van der Waals surface area contributed by atoms with Crippen molar-refractivity contribution in [1.82, 2.24) is 0 Å². The Morgan fingerprint density at radius 3 is 2.29 bits per heavy atom. The zero-order chi connectivity index (χ0) is 15.4. The van der Waals surface area contributed by atoms with E-state index in [2.05, 4.69) is 0 Å². The van der Waals surface area contributed by atoms with Gasteiger partial charge in [0.25, 0.3) is 0 Å². The van der Waals surface area contributed by atoms with Crippen molar-refractivity contribution in [2.24, 2.45) is 5.92 Å². The van der Waals surface area contributed by atoms with Crippen molar-refractivity contribution >= 4 is 23.4 Å². The summed E-state index contributed by atoms with van der Waals surface area (Å²) in [6.45, 7) is 1.53. The number of carboxylic acids is 1. The molecular weight excluding hydrogens is 288 g/mol. The highest BCUT2D eigenvalue weighted by Gasteiger charge is 2.17. The van der Waals surface area contributed by atoms with E-state index in [1.54, 1.807) is 12.1 Å². The highest BCUT2D eigenvalue weighted by atomic mass is 35.5. The number of aliphatic carboxylic acids is 1. The molecule has 1 unspecified atom stereocenters. The van der Waals surface area contributed by atoms with Crippen molar-refractivity contribution < 1.29 is 14.7 Å². The fourth-order valence-electron chi connectivity index (χ4n) is 2.01. The van der Waals surface area contributed by atoms with E-state index in [9.17, 15) is 9.59 Å². The van der Waals surface area contributed by atoms with Gasteiger partial charge in [0.1, 0.15) is 0 Å². The van der Waals surface area contributed by atoms with Crippen molar-refractivity contribution in [1.29, 1.82) is 0 Å². The van der Waals surface area contributed by atoms with Crippen LogP contribution in [0, 0.1) is 5.92 Å². The first-order valence-corrected chi connectivity index (χ1v) is 6.98. The number of rotatable bonds is 5. The summed E-state index contributed by atoms with van der Waals surface area (Å²) in [5.74, 6) is -1.81. The van der Waals surface area contributed by atoms with Crippen molar-refractivity contribution in [2.45, 2.75) is 13.3 Å². The van der Waals surface area contributed by atoms with Crippen LogP contribution in [0.15, 0.2) is 48.5 Å². The Bertz CT molecular complexity index is 662. The molecule has 3 nitrogen and oxygen atoms in total. The largest absolute Gasteiger partial charge is 0.481 e. The Labute approximate surface area is 128 Å². The monoisotopic (exact) mass is 302 g/mol. The van der Waals surface area contributed by atoms with Crippen LogP contribution in [0.1, 0.15) is 23.7 Å². The van der Waals surface area contributed by atoms with Gasteiger partial charge in [0.2, 0.25) is 0 Å². The number of ketones is 1. The third-order valence-corrected chi connectivity index (χ3v) is 3.63. The number of benzene rings is 2. The molecule has 0 spiro atoms. The second-order valence-corrected chi connectivity index (χ2v) is 5.33. The topological polar surface area (TPSA) is 54.4 Å². The first-order valence-electron chi connectivity index (χ1n) is 6.60. The minimum atomic E-state index is -0.962. The lowest BCUT2D eigenvalue weighted by molar-refractivity contribution is -0.141. The highest BCUT2D eigenvalue weighted by molar-refractivity contribution is 6.33. The summed E-state index contributed by atoms with van der Waals surface area (Å²) >= 11 is 6.13. The summed E-state index contributed by atoms with van der Waals surface area (Å²) in [5, 5.41) is 9.48. The minimum absolute atomic E-state index is 0.000767. The van der Waals surface area contributed by atoms with E-state index in [-0.39, 0.29) is 12.2 Å². The molecule has 0 heterocycles.